The van der Waals surface area contributed by atoms with Crippen LogP contribution in [0.2, 0.25) is 0 Å². The van der Waals surface area contributed by atoms with Gasteiger partial charge in [-0.05, 0) is 36.8 Å². The number of rotatable bonds is 4. The van der Waals surface area contributed by atoms with Crippen LogP contribution in [0.4, 0.5) is 15.9 Å². The van der Waals surface area contributed by atoms with Crippen molar-refractivity contribution in [3.63, 3.8) is 0 Å². The molecule has 3 nitrogen and oxygen atoms in total. The van der Waals surface area contributed by atoms with Gasteiger partial charge in [-0.25, -0.2) is 9.37 Å². The maximum Gasteiger partial charge on any atom is 0.128 e. The van der Waals surface area contributed by atoms with E-state index in [0.29, 0.717) is 0 Å². The minimum atomic E-state index is -0.246. The highest BCUT2D eigenvalue weighted by Gasteiger charge is 2.10. The first-order valence-electron chi connectivity index (χ1n) is 6.32. The van der Waals surface area contributed by atoms with Gasteiger partial charge in [0.1, 0.15) is 11.6 Å². The number of benzene rings is 1. The van der Waals surface area contributed by atoms with E-state index in [1.165, 1.54) is 12.1 Å². The number of nitrogens with zero attached hydrogens (tertiary/aromatic N) is 2. The average Bonchev–Trinajstić information content (AvgIpc) is 2.39. The lowest BCUT2D eigenvalue weighted by atomic mass is 10.1. The predicted octanol–water partition coefficient (Wildman–Crippen LogP) is 4.22. The van der Waals surface area contributed by atoms with Crippen LogP contribution < -0.4 is 10.2 Å². The molecule has 106 valence electrons. The predicted molar refractivity (Wildman–Crippen MR) is 84.7 cm³/mol. The molecule has 0 aliphatic carbocycles. The van der Waals surface area contributed by atoms with E-state index >= 15 is 0 Å². The van der Waals surface area contributed by atoms with Gasteiger partial charge in [-0.2, -0.15) is 0 Å². The van der Waals surface area contributed by atoms with Crippen molar-refractivity contribution in [3.05, 3.63) is 52.4 Å². The van der Waals surface area contributed by atoms with E-state index in [2.05, 4.69) is 26.2 Å². The van der Waals surface area contributed by atoms with Crippen LogP contribution >= 0.6 is 15.9 Å². The smallest absolute Gasteiger partial charge is 0.128 e. The number of halogens is 2. The molecule has 2 rings (SSSR count). The highest BCUT2D eigenvalue weighted by molar-refractivity contribution is 9.10. The second kappa shape index (κ2) is 6.22. The van der Waals surface area contributed by atoms with Gasteiger partial charge in [0.15, 0.2) is 0 Å². The van der Waals surface area contributed by atoms with E-state index in [0.717, 1.165) is 21.5 Å². The topological polar surface area (TPSA) is 28.2 Å². The van der Waals surface area contributed by atoms with Crippen molar-refractivity contribution in [2.45, 2.75) is 13.0 Å². The first-order valence-corrected chi connectivity index (χ1v) is 7.11. The van der Waals surface area contributed by atoms with Gasteiger partial charge in [-0.3, -0.25) is 0 Å². The maximum absolute atomic E-state index is 13.1. The SMILES string of the molecule is CC(Nc1ccc(N(C)C)nc1)c1ccc(F)cc1Br. The monoisotopic (exact) mass is 337 g/mol. The molecule has 5 heteroatoms. The molecule has 0 fully saturated rings. The summed E-state index contributed by atoms with van der Waals surface area (Å²) in [5.41, 5.74) is 1.93. The fraction of sp³-hybridized carbons (Fsp3) is 0.267. The Kier molecular flexibility index (Phi) is 4.60. The lowest BCUT2D eigenvalue weighted by molar-refractivity contribution is 0.625. The molecule has 0 aliphatic rings. The van der Waals surface area contributed by atoms with Crippen LogP contribution in [0.25, 0.3) is 0 Å². The second-order valence-corrected chi connectivity index (χ2v) is 5.69. The molecule has 1 N–H and O–H groups in total. The summed E-state index contributed by atoms with van der Waals surface area (Å²) >= 11 is 3.39. The molecule has 1 heterocycles. The summed E-state index contributed by atoms with van der Waals surface area (Å²) in [6, 6.07) is 8.70. The zero-order chi connectivity index (χ0) is 14.7. The van der Waals surface area contributed by atoms with Crippen molar-refractivity contribution in [2.75, 3.05) is 24.3 Å². The Morgan fingerprint density at radius 2 is 2.00 bits per heavy atom. The molecule has 20 heavy (non-hydrogen) atoms. The van der Waals surface area contributed by atoms with Gasteiger partial charge in [-0.15, -0.1) is 0 Å². The van der Waals surface area contributed by atoms with Crippen LogP contribution in [0.15, 0.2) is 41.0 Å². The van der Waals surface area contributed by atoms with Crippen molar-refractivity contribution in [1.82, 2.24) is 4.98 Å². The van der Waals surface area contributed by atoms with Crippen LogP contribution in [0.1, 0.15) is 18.5 Å². The number of nitrogens with one attached hydrogen (secondary N) is 1. The summed E-state index contributed by atoms with van der Waals surface area (Å²) in [5, 5.41) is 3.35. The minimum absolute atomic E-state index is 0.0528. The molecule has 1 unspecified atom stereocenters. The van der Waals surface area contributed by atoms with E-state index in [1.807, 2.05) is 38.1 Å². The Morgan fingerprint density at radius 1 is 1.25 bits per heavy atom. The van der Waals surface area contributed by atoms with Gasteiger partial charge in [0.2, 0.25) is 0 Å². The molecular weight excluding hydrogens is 321 g/mol. The van der Waals surface area contributed by atoms with E-state index in [4.69, 9.17) is 0 Å². The molecule has 0 spiro atoms. The standard InChI is InChI=1S/C15H17BrFN3/c1-10(13-6-4-11(17)8-14(13)16)19-12-5-7-15(18-9-12)20(2)3/h4-10,19H,1-3H3. The van der Waals surface area contributed by atoms with E-state index in [9.17, 15) is 4.39 Å². The third kappa shape index (κ3) is 3.48. The Bertz CT molecular complexity index is 584. The molecule has 0 bridgehead atoms. The summed E-state index contributed by atoms with van der Waals surface area (Å²) in [7, 11) is 3.90. The zero-order valence-electron chi connectivity index (χ0n) is 11.7. The van der Waals surface area contributed by atoms with E-state index < -0.39 is 0 Å². The maximum atomic E-state index is 13.1. The molecule has 1 atom stereocenters. The Morgan fingerprint density at radius 3 is 2.55 bits per heavy atom. The van der Waals surface area contributed by atoms with E-state index in [1.54, 1.807) is 12.3 Å². The molecule has 2 aromatic rings. The highest BCUT2D eigenvalue weighted by atomic mass is 79.9. The second-order valence-electron chi connectivity index (χ2n) is 4.83. The number of pyridine rings is 1. The summed E-state index contributed by atoms with van der Waals surface area (Å²) in [4.78, 5) is 6.30. The molecule has 0 saturated heterocycles. The van der Waals surface area contributed by atoms with Gasteiger partial charge in [0.05, 0.1) is 11.9 Å². The van der Waals surface area contributed by atoms with Crippen molar-refractivity contribution >= 4 is 27.4 Å². The number of hydrogen-bond acceptors (Lipinski definition) is 3. The van der Waals surface area contributed by atoms with Crippen LogP contribution in [0.3, 0.4) is 0 Å². The molecule has 0 saturated carbocycles. The molecular formula is C15H17BrFN3. The van der Waals surface area contributed by atoms with Gasteiger partial charge in [-0.1, -0.05) is 22.0 Å². The molecule has 0 radical (unpaired) electrons. The number of anilines is 2. The van der Waals surface area contributed by atoms with Gasteiger partial charge < -0.3 is 10.2 Å². The Hall–Kier alpha value is -1.62. The Labute approximate surface area is 127 Å². The Balaban J connectivity index is 2.12. The van der Waals surface area contributed by atoms with Gasteiger partial charge >= 0.3 is 0 Å². The summed E-state index contributed by atoms with van der Waals surface area (Å²) in [5.74, 6) is 0.663. The average molecular weight is 338 g/mol. The summed E-state index contributed by atoms with van der Waals surface area (Å²) in [6.45, 7) is 2.03. The lowest BCUT2D eigenvalue weighted by Gasteiger charge is -2.18. The summed E-state index contributed by atoms with van der Waals surface area (Å²) in [6.07, 6.45) is 1.79. The zero-order valence-corrected chi connectivity index (χ0v) is 13.3. The third-order valence-electron chi connectivity index (χ3n) is 3.02. The largest absolute Gasteiger partial charge is 0.377 e. The van der Waals surface area contributed by atoms with Crippen LogP contribution in [-0.4, -0.2) is 19.1 Å². The first-order chi connectivity index (χ1) is 9.47. The van der Waals surface area contributed by atoms with Crippen molar-refractivity contribution in [2.24, 2.45) is 0 Å². The molecule has 1 aromatic carbocycles. The summed E-state index contributed by atoms with van der Waals surface area (Å²) < 4.78 is 13.9. The fourth-order valence-electron chi connectivity index (χ4n) is 1.92. The number of aromatic nitrogens is 1. The van der Waals surface area contributed by atoms with E-state index in [-0.39, 0.29) is 11.9 Å². The van der Waals surface area contributed by atoms with Crippen molar-refractivity contribution in [1.29, 1.82) is 0 Å². The molecule has 0 amide bonds. The minimum Gasteiger partial charge on any atom is -0.377 e. The van der Waals surface area contributed by atoms with Crippen LogP contribution in [0, 0.1) is 5.82 Å². The number of hydrogen-bond donors (Lipinski definition) is 1. The highest BCUT2D eigenvalue weighted by Crippen LogP contribution is 2.27. The quantitative estimate of drug-likeness (QED) is 0.905. The van der Waals surface area contributed by atoms with Gasteiger partial charge in [0, 0.05) is 24.6 Å². The normalized spacial score (nSPS) is 12.1. The van der Waals surface area contributed by atoms with Gasteiger partial charge in [0.25, 0.3) is 0 Å². The van der Waals surface area contributed by atoms with Crippen molar-refractivity contribution < 1.29 is 4.39 Å². The van der Waals surface area contributed by atoms with Crippen molar-refractivity contribution in [3.8, 4) is 0 Å². The lowest BCUT2D eigenvalue weighted by Crippen LogP contribution is -2.11. The van der Waals surface area contributed by atoms with Crippen LogP contribution in [0.5, 0.6) is 0 Å². The molecule has 1 aromatic heterocycles. The van der Waals surface area contributed by atoms with Crippen LogP contribution in [-0.2, 0) is 0 Å². The fourth-order valence-corrected chi connectivity index (χ4v) is 2.61. The molecule has 0 aliphatic heterocycles. The first kappa shape index (κ1) is 14.8. The third-order valence-corrected chi connectivity index (χ3v) is 3.71.